The Morgan fingerprint density at radius 2 is 1.94 bits per heavy atom. The van der Waals surface area contributed by atoms with Gasteiger partial charge in [0.15, 0.2) is 9.84 Å². The second-order valence-electron chi connectivity index (χ2n) is 5.01. The van der Waals surface area contributed by atoms with Gasteiger partial charge in [0.25, 0.3) is 0 Å². The van der Waals surface area contributed by atoms with E-state index in [0.717, 1.165) is 6.42 Å². The van der Waals surface area contributed by atoms with Crippen LogP contribution >= 0.6 is 0 Å². The van der Waals surface area contributed by atoms with Crippen molar-refractivity contribution >= 4 is 15.7 Å². The van der Waals surface area contributed by atoms with Gasteiger partial charge in [-0.2, -0.15) is 0 Å². The fourth-order valence-electron chi connectivity index (χ4n) is 1.99. The van der Waals surface area contributed by atoms with Crippen molar-refractivity contribution in [2.75, 3.05) is 11.5 Å². The molecular formula is C11H22N2O3S. The second kappa shape index (κ2) is 5.82. The lowest BCUT2D eigenvalue weighted by molar-refractivity contribution is -0.123. The number of hydrogen-bond donors (Lipinski definition) is 2. The zero-order chi connectivity index (χ0) is 13.1. The Morgan fingerprint density at radius 1 is 1.29 bits per heavy atom. The van der Waals surface area contributed by atoms with E-state index in [9.17, 15) is 13.2 Å². The summed E-state index contributed by atoms with van der Waals surface area (Å²) in [5.74, 6) is 0.340. The molecule has 100 valence electrons. The molecule has 0 spiro atoms. The van der Waals surface area contributed by atoms with E-state index < -0.39 is 9.84 Å². The molecule has 0 saturated carbocycles. The number of nitrogens with one attached hydrogen (secondary N) is 2. The summed E-state index contributed by atoms with van der Waals surface area (Å²) in [6.45, 7) is 5.56. The molecule has 2 unspecified atom stereocenters. The highest BCUT2D eigenvalue weighted by Gasteiger charge is 2.27. The van der Waals surface area contributed by atoms with Crippen molar-refractivity contribution in [1.82, 2.24) is 10.6 Å². The van der Waals surface area contributed by atoms with E-state index >= 15 is 0 Å². The van der Waals surface area contributed by atoms with Gasteiger partial charge >= 0.3 is 0 Å². The second-order valence-corrected chi connectivity index (χ2v) is 7.23. The number of carbonyl (C=O) groups excluding carboxylic acids is 1. The van der Waals surface area contributed by atoms with Crippen LogP contribution in [0.3, 0.4) is 0 Å². The highest BCUT2D eigenvalue weighted by atomic mass is 32.2. The first-order valence-electron chi connectivity index (χ1n) is 6.07. The summed E-state index contributed by atoms with van der Waals surface area (Å²) < 4.78 is 22.9. The molecule has 2 N–H and O–H groups in total. The summed E-state index contributed by atoms with van der Waals surface area (Å²) in [6.07, 6.45) is 1.50. The minimum Gasteiger partial charge on any atom is -0.353 e. The fourth-order valence-corrected chi connectivity index (χ4v) is 3.64. The first kappa shape index (κ1) is 14.4. The summed E-state index contributed by atoms with van der Waals surface area (Å²) >= 11 is 0. The Hall–Kier alpha value is -0.620. The first-order valence-corrected chi connectivity index (χ1v) is 7.89. The molecule has 1 heterocycles. The van der Waals surface area contributed by atoms with Crippen molar-refractivity contribution < 1.29 is 13.2 Å². The van der Waals surface area contributed by atoms with Gasteiger partial charge in [0.1, 0.15) is 0 Å². The van der Waals surface area contributed by atoms with Gasteiger partial charge in [0, 0.05) is 12.1 Å². The summed E-state index contributed by atoms with van der Waals surface area (Å²) in [5.41, 5.74) is 0. The van der Waals surface area contributed by atoms with Gasteiger partial charge in [-0.3, -0.25) is 4.79 Å². The van der Waals surface area contributed by atoms with Crippen LogP contribution in [0.1, 0.15) is 33.6 Å². The van der Waals surface area contributed by atoms with E-state index in [1.807, 2.05) is 13.8 Å². The monoisotopic (exact) mass is 262 g/mol. The summed E-state index contributed by atoms with van der Waals surface area (Å²) in [6, 6.07) is -0.348. The normalized spacial score (nSPS) is 25.5. The van der Waals surface area contributed by atoms with E-state index in [-0.39, 0.29) is 35.5 Å². The van der Waals surface area contributed by atoms with Crippen LogP contribution in [0.15, 0.2) is 0 Å². The van der Waals surface area contributed by atoms with Crippen LogP contribution in [0.25, 0.3) is 0 Å². The lowest BCUT2D eigenvalue weighted by Gasteiger charge is -2.26. The number of hydrogen-bond acceptors (Lipinski definition) is 4. The molecular weight excluding hydrogens is 240 g/mol. The number of rotatable bonds is 4. The van der Waals surface area contributed by atoms with Crippen LogP contribution in [-0.2, 0) is 14.6 Å². The molecule has 1 aliphatic heterocycles. The van der Waals surface area contributed by atoms with Crippen molar-refractivity contribution in [3.63, 3.8) is 0 Å². The molecule has 0 aromatic carbocycles. The van der Waals surface area contributed by atoms with Gasteiger partial charge in [0.2, 0.25) is 5.91 Å². The van der Waals surface area contributed by atoms with Gasteiger partial charge < -0.3 is 10.6 Å². The van der Waals surface area contributed by atoms with E-state index in [1.165, 1.54) is 0 Å². The summed E-state index contributed by atoms with van der Waals surface area (Å²) in [5, 5.41) is 5.89. The Labute approximate surface area is 103 Å². The van der Waals surface area contributed by atoms with Crippen molar-refractivity contribution in [1.29, 1.82) is 0 Å². The zero-order valence-electron chi connectivity index (χ0n) is 10.7. The van der Waals surface area contributed by atoms with Crippen LogP contribution in [-0.4, -0.2) is 44.0 Å². The molecule has 17 heavy (non-hydrogen) atoms. The number of carbonyl (C=O) groups is 1. The van der Waals surface area contributed by atoms with Gasteiger partial charge in [-0.1, -0.05) is 0 Å². The quantitative estimate of drug-likeness (QED) is 0.751. The van der Waals surface area contributed by atoms with Gasteiger partial charge in [0.05, 0.1) is 17.5 Å². The lowest BCUT2D eigenvalue weighted by atomic mass is 10.1. The molecule has 1 saturated heterocycles. The molecule has 0 radical (unpaired) electrons. The molecule has 1 amide bonds. The van der Waals surface area contributed by atoms with Crippen molar-refractivity contribution in [3.8, 4) is 0 Å². The molecule has 6 heteroatoms. The molecule has 0 aromatic rings. The molecule has 0 bridgehead atoms. The largest absolute Gasteiger partial charge is 0.353 e. The van der Waals surface area contributed by atoms with Crippen molar-refractivity contribution in [2.45, 2.75) is 51.7 Å². The maximum absolute atomic E-state index is 11.7. The average Bonchev–Trinajstić information content (AvgIpc) is 2.14. The molecule has 2 atom stereocenters. The highest BCUT2D eigenvalue weighted by molar-refractivity contribution is 7.91. The minimum absolute atomic E-state index is 0.0806. The Balaban J connectivity index is 2.45. The summed E-state index contributed by atoms with van der Waals surface area (Å²) in [7, 11) is -2.92. The average molecular weight is 262 g/mol. The zero-order valence-corrected chi connectivity index (χ0v) is 11.5. The van der Waals surface area contributed by atoms with E-state index in [4.69, 9.17) is 0 Å². The third kappa shape index (κ3) is 5.04. The van der Waals surface area contributed by atoms with Crippen LogP contribution < -0.4 is 10.6 Å². The standard InChI is InChI=1S/C11H22N2O3S/c1-8(2)12-11(14)9(3)13-10-5-4-6-17(15,16)7-10/h8-10,13H,4-7H2,1-3H3,(H,12,14). The maximum atomic E-state index is 11.7. The van der Waals surface area contributed by atoms with Crippen molar-refractivity contribution in [3.05, 3.63) is 0 Å². The topological polar surface area (TPSA) is 75.3 Å². The SMILES string of the molecule is CC(C)NC(=O)C(C)NC1CCCS(=O)(=O)C1. The molecule has 5 nitrogen and oxygen atoms in total. The fraction of sp³-hybridized carbons (Fsp3) is 0.909. The van der Waals surface area contributed by atoms with Gasteiger partial charge in [-0.05, 0) is 33.6 Å². The molecule has 1 aliphatic rings. The molecule has 1 rings (SSSR count). The maximum Gasteiger partial charge on any atom is 0.237 e. The van der Waals surface area contributed by atoms with Crippen LogP contribution in [0, 0.1) is 0 Å². The molecule has 0 aliphatic carbocycles. The first-order chi connectivity index (χ1) is 7.80. The van der Waals surface area contributed by atoms with Gasteiger partial charge in [-0.25, -0.2) is 8.42 Å². The number of amides is 1. The predicted molar refractivity (Wildman–Crippen MR) is 67.6 cm³/mol. The highest BCUT2D eigenvalue weighted by Crippen LogP contribution is 2.12. The Bertz CT molecular complexity index is 365. The van der Waals surface area contributed by atoms with Crippen molar-refractivity contribution in [2.24, 2.45) is 0 Å². The van der Waals surface area contributed by atoms with Crippen LogP contribution in [0.2, 0.25) is 0 Å². The predicted octanol–water partition coefficient (Wildman–Crippen LogP) is 0.0663. The third-order valence-electron chi connectivity index (χ3n) is 2.77. The van der Waals surface area contributed by atoms with E-state index in [2.05, 4.69) is 10.6 Å². The van der Waals surface area contributed by atoms with Crippen LogP contribution in [0.4, 0.5) is 0 Å². The van der Waals surface area contributed by atoms with Gasteiger partial charge in [-0.15, -0.1) is 0 Å². The Kier molecular flexibility index (Phi) is 4.94. The third-order valence-corrected chi connectivity index (χ3v) is 4.59. The molecule has 1 fully saturated rings. The van der Waals surface area contributed by atoms with E-state index in [1.54, 1.807) is 6.92 Å². The number of sulfone groups is 1. The minimum atomic E-state index is -2.92. The smallest absolute Gasteiger partial charge is 0.237 e. The summed E-state index contributed by atoms with van der Waals surface area (Å²) in [4.78, 5) is 11.7. The van der Waals surface area contributed by atoms with Crippen LogP contribution in [0.5, 0.6) is 0 Å². The van der Waals surface area contributed by atoms with E-state index in [0.29, 0.717) is 6.42 Å². The lowest BCUT2D eigenvalue weighted by Crippen LogP contribution is -2.51. The Morgan fingerprint density at radius 3 is 2.47 bits per heavy atom. The molecule has 0 aromatic heterocycles.